The summed E-state index contributed by atoms with van der Waals surface area (Å²) in [6.45, 7) is 3.94. The molecule has 0 aliphatic rings. The number of aliphatic hydroxyl groups is 3. The Morgan fingerprint density at radius 2 is 1.83 bits per heavy atom. The Morgan fingerprint density at radius 3 is 2.22 bits per heavy atom. The van der Waals surface area contributed by atoms with Gasteiger partial charge in [0.15, 0.2) is 6.10 Å². The molecule has 0 aromatic heterocycles. The maximum absolute atomic E-state index is 10.9. The monoisotopic (exact) mass is 261 g/mol. The molecule has 5 unspecified atom stereocenters. The summed E-state index contributed by atoms with van der Waals surface area (Å²) in [6, 6.07) is 0. The second-order valence-electron chi connectivity index (χ2n) is 4.30. The summed E-state index contributed by atoms with van der Waals surface area (Å²) < 4.78 is 4.67. The Hall–Kier alpha value is -0.950. The van der Waals surface area contributed by atoms with Crippen LogP contribution in [0.1, 0.15) is 20.3 Å². The van der Waals surface area contributed by atoms with Gasteiger partial charge >= 0.3 is 0 Å². The van der Waals surface area contributed by atoms with Crippen LogP contribution < -0.4 is 5.73 Å². The number of aliphatic hydroxyl groups excluding tert-OH is 3. The van der Waals surface area contributed by atoms with Gasteiger partial charge in [0.05, 0.1) is 0 Å². The molecule has 0 bridgehead atoms. The number of carbonyl (C=O) groups is 1. The van der Waals surface area contributed by atoms with Gasteiger partial charge in [0.25, 0.3) is 0 Å². The number of rotatable bonds is 8. The van der Waals surface area contributed by atoms with Crippen molar-refractivity contribution in [3.8, 4) is 0 Å². The second kappa shape index (κ2) is 8.20. The first-order chi connectivity index (χ1) is 8.34. The predicted octanol–water partition coefficient (Wildman–Crippen LogP) is -0.828. The van der Waals surface area contributed by atoms with Crippen LogP contribution in [0.15, 0.2) is 12.2 Å². The molecule has 6 nitrogen and oxygen atoms in total. The van der Waals surface area contributed by atoms with Crippen molar-refractivity contribution in [1.82, 2.24) is 0 Å². The molecule has 0 aliphatic heterocycles. The SMILES string of the molecule is CCC(C)C=CC(O)C(O)C(O)C(OC)C(N)=O. The van der Waals surface area contributed by atoms with Crippen molar-refractivity contribution < 1.29 is 24.9 Å². The highest BCUT2D eigenvalue weighted by atomic mass is 16.5. The fourth-order valence-electron chi connectivity index (χ4n) is 1.36. The number of hydrogen-bond acceptors (Lipinski definition) is 5. The highest BCUT2D eigenvalue weighted by Gasteiger charge is 2.33. The number of carbonyl (C=O) groups excluding carboxylic acids is 1. The van der Waals surface area contributed by atoms with Crippen molar-refractivity contribution in [2.75, 3.05) is 7.11 Å². The van der Waals surface area contributed by atoms with E-state index in [1.54, 1.807) is 6.08 Å². The third-order valence-electron chi connectivity index (χ3n) is 2.83. The summed E-state index contributed by atoms with van der Waals surface area (Å²) in [5.41, 5.74) is 5.00. The first-order valence-electron chi connectivity index (χ1n) is 5.89. The minimum atomic E-state index is -1.58. The lowest BCUT2D eigenvalue weighted by Crippen LogP contribution is -2.50. The van der Waals surface area contributed by atoms with E-state index in [2.05, 4.69) is 4.74 Å². The maximum Gasteiger partial charge on any atom is 0.249 e. The third-order valence-corrected chi connectivity index (χ3v) is 2.83. The Morgan fingerprint density at radius 1 is 1.28 bits per heavy atom. The molecule has 106 valence electrons. The molecule has 0 aliphatic carbocycles. The minimum Gasteiger partial charge on any atom is -0.387 e. The van der Waals surface area contributed by atoms with Gasteiger partial charge in [0.2, 0.25) is 5.91 Å². The number of primary amides is 1. The van der Waals surface area contributed by atoms with Gasteiger partial charge in [0.1, 0.15) is 18.3 Å². The minimum absolute atomic E-state index is 0.248. The van der Waals surface area contributed by atoms with Crippen molar-refractivity contribution >= 4 is 5.91 Å². The summed E-state index contributed by atoms with van der Waals surface area (Å²) in [7, 11) is 1.19. The van der Waals surface area contributed by atoms with Crippen molar-refractivity contribution in [3.63, 3.8) is 0 Å². The standard InChI is InChI=1S/C12H23NO5/c1-4-7(2)5-6-8(14)9(15)10(16)11(18-3)12(13)17/h5-11,14-16H,4H2,1-3H3,(H2,13,17). The van der Waals surface area contributed by atoms with Gasteiger partial charge in [-0.15, -0.1) is 0 Å². The van der Waals surface area contributed by atoms with E-state index in [4.69, 9.17) is 5.73 Å². The summed E-state index contributed by atoms with van der Waals surface area (Å²) in [4.78, 5) is 10.9. The highest BCUT2D eigenvalue weighted by molar-refractivity contribution is 5.79. The van der Waals surface area contributed by atoms with Gasteiger partial charge in [-0.3, -0.25) is 4.79 Å². The number of allylic oxidation sites excluding steroid dienone is 1. The van der Waals surface area contributed by atoms with Crippen LogP contribution in [-0.2, 0) is 9.53 Å². The van der Waals surface area contributed by atoms with Gasteiger partial charge in [-0.25, -0.2) is 0 Å². The lowest BCUT2D eigenvalue weighted by molar-refractivity contribution is -0.145. The summed E-state index contributed by atoms with van der Waals surface area (Å²) in [5, 5.41) is 29.0. The van der Waals surface area contributed by atoms with Crippen molar-refractivity contribution in [2.45, 2.75) is 44.7 Å². The van der Waals surface area contributed by atoms with Crippen LogP contribution >= 0.6 is 0 Å². The molecule has 6 heteroatoms. The van der Waals surface area contributed by atoms with Gasteiger partial charge in [-0.2, -0.15) is 0 Å². The molecule has 0 saturated heterocycles. The quantitative estimate of drug-likeness (QED) is 0.426. The largest absolute Gasteiger partial charge is 0.387 e. The molecule has 0 fully saturated rings. The van der Waals surface area contributed by atoms with Crippen LogP contribution in [0, 0.1) is 5.92 Å². The Balaban J connectivity index is 4.57. The zero-order chi connectivity index (χ0) is 14.3. The molecule has 0 saturated carbocycles. The lowest BCUT2D eigenvalue weighted by Gasteiger charge is -2.25. The summed E-state index contributed by atoms with van der Waals surface area (Å²) in [6.07, 6.45) is -1.75. The third kappa shape index (κ3) is 5.14. The summed E-state index contributed by atoms with van der Waals surface area (Å²) >= 11 is 0. The van der Waals surface area contributed by atoms with E-state index < -0.39 is 30.3 Å². The Bertz CT molecular complexity index is 282. The first-order valence-corrected chi connectivity index (χ1v) is 5.89. The van der Waals surface area contributed by atoms with E-state index in [0.717, 1.165) is 6.42 Å². The number of methoxy groups -OCH3 is 1. The van der Waals surface area contributed by atoms with Crippen molar-refractivity contribution in [3.05, 3.63) is 12.2 Å². The number of amides is 1. The molecule has 0 spiro atoms. The van der Waals surface area contributed by atoms with E-state index in [9.17, 15) is 20.1 Å². The van der Waals surface area contributed by atoms with E-state index in [-0.39, 0.29) is 5.92 Å². The Labute approximate surface area is 107 Å². The fraction of sp³-hybridized carbons (Fsp3) is 0.750. The molecule has 1 amide bonds. The molecule has 0 aromatic carbocycles. The van der Waals surface area contributed by atoms with Crippen LogP contribution in [-0.4, -0.2) is 52.8 Å². The molecule has 0 radical (unpaired) electrons. The number of hydrogen-bond donors (Lipinski definition) is 4. The summed E-state index contributed by atoms with van der Waals surface area (Å²) in [5.74, 6) is -0.652. The molecule has 5 atom stereocenters. The topological polar surface area (TPSA) is 113 Å². The van der Waals surface area contributed by atoms with Gasteiger partial charge in [0, 0.05) is 7.11 Å². The van der Waals surface area contributed by atoms with E-state index in [1.807, 2.05) is 13.8 Å². The normalized spacial score (nSPS) is 20.3. The van der Waals surface area contributed by atoms with Crippen molar-refractivity contribution in [1.29, 1.82) is 0 Å². The average molecular weight is 261 g/mol. The van der Waals surface area contributed by atoms with E-state index >= 15 is 0 Å². The van der Waals surface area contributed by atoms with Crippen LogP contribution in [0.4, 0.5) is 0 Å². The first kappa shape index (κ1) is 17.1. The lowest BCUT2D eigenvalue weighted by atomic mass is 10.0. The molecular weight excluding hydrogens is 238 g/mol. The molecular formula is C12H23NO5. The van der Waals surface area contributed by atoms with Gasteiger partial charge < -0.3 is 25.8 Å². The smallest absolute Gasteiger partial charge is 0.249 e. The fourth-order valence-corrected chi connectivity index (χ4v) is 1.36. The second-order valence-corrected chi connectivity index (χ2v) is 4.30. The number of nitrogens with two attached hydrogens (primary N) is 1. The maximum atomic E-state index is 10.9. The average Bonchev–Trinajstić information content (AvgIpc) is 2.34. The molecule has 0 rings (SSSR count). The van der Waals surface area contributed by atoms with E-state index in [1.165, 1.54) is 13.2 Å². The molecule has 5 N–H and O–H groups in total. The van der Waals surface area contributed by atoms with Gasteiger partial charge in [-0.05, 0) is 5.92 Å². The van der Waals surface area contributed by atoms with Crippen LogP contribution in [0.2, 0.25) is 0 Å². The van der Waals surface area contributed by atoms with Crippen LogP contribution in [0.3, 0.4) is 0 Å². The molecule has 0 heterocycles. The van der Waals surface area contributed by atoms with Crippen LogP contribution in [0.25, 0.3) is 0 Å². The highest BCUT2D eigenvalue weighted by Crippen LogP contribution is 2.10. The number of ether oxygens (including phenoxy) is 1. The van der Waals surface area contributed by atoms with Crippen molar-refractivity contribution in [2.24, 2.45) is 11.7 Å². The van der Waals surface area contributed by atoms with Crippen LogP contribution in [0.5, 0.6) is 0 Å². The zero-order valence-corrected chi connectivity index (χ0v) is 11.0. The Kier molecular flexibility index (Phi) is 7.77. The molecule has 0 aromatic rings. The molecule has 18 heavy (non-hydrogen) atoms. The zero-order valence-electron chi connectivity index (χ0n) is 11.0. The van der Waals surface area contributed by atoms with E-state index in [0.29, 0.717) is 0 Å². The predicted molar refractivity (Wildman–Crippen MR) is 66.6 cm³/mol. The van der Waals surface area contributed by atoms with Gasteiger partial charge in [-0.1, -0.05) is 32.4 Å².